The Morgan fingerprint density at radius 3 is 2.50 bits per heavy atom. The standard InChI is InChI=1S/C16H16ClFN2OS/c17-12-6-4-11(5-7-12)16(8-2-1-3-9-16)14(21)20-15-19-10-13(18)22-15/h4-7,10H,1-3,8-9H2,(H,19,20,21). The largest absolute Gasteiger partial charge is 0.301 e. The molecule has 0 saturated heterocycles. The molecular formula is C16H16ClFN2OS. The number of aromatic nitrogens is 1. The van der Waals surface area contributed by atoms with Crippen molar-refractivity contribution in [1.82, 2.24) is 4.98 Å². The third-order valence-electron chi connectivity index (χ3n) is 4.24. The quantitative estimate of drug-likeness (QED) is 0.875. The normalized spacial score (nSPS) is 17.2. The van der Waals surface area contributed by atoms with Crippen molar-refractivity contribution in [3.8, 4) is 0 Å². The zero-order valence-corrected chi connectivity index (χ0v) is 13.5. The van der Waals surface area contributed by atoms with Gasteiger partial charge in [0, 0.05) is 5.02 Å². The van der Waals surface area contributed by atoms with Crippen molar-refractivity contribution < 1.29 is 9.18 Å². The van der Waals surface area contributed by atoms with Crippen LogP contribution in [-0.4, -0.2) is 10.9 Å². The highest BCUT2D eigenvalue weighted by Gasteiger charge is 2.41. The van der Waals surface area contributed by atoms with E-state index in [1.54, 1.807) is 0 Å². The van der Waals surface area contributed by atoms with Crippen LogP contribution in [0.15, 0.2) is 30.5 Å². The molecule has 2 aromatic rings. The average molecular weight is 339 g/mol. The second-order valence-electron chi connectivity index (χ2n) is 5.57. The van der Waals surface area contributed by atoms with Gasteiger partial charge in [0.15, 0.2) is 10.3 Å². The number of amides is 1. The highest BCUT2D eigenvalue weighted by atomic mass is 35.5. The number of carbonyl (C=O) groups excluding carboxylic acids is 1. The van der Waals surface area contributed by atoms with Crippen LogP contribution >= 0.6 is 22.9 Å². The molecule has 1 fully saturated rings. The summed E-state index contributed by atoms with van der Waals surface area (Å²) in [6, 6.07) is 7.44. The van der Waals surface area contributed by atoms with Crippen molar-refractivity contribution in [2.45, 2.75) is 37.5 Å². The Morgan fingerprint density at radius 1 is 1.23 bits per heavy atom. The van der Waals surface area contributed by atoms with Crippen LogP contribution in [0.1, 0.15) is 37.7 Å². The first-order chi connectivity index (χ1) is 10.6. The molecule has 1 aromatic heterocycles. The molecule has 0 atom stereocenters. The molecule has 3 rings (SSSR count). The SMILES string of the molecule is O=C(Nc1ncc(F)s1)C1(c2ccc(Cl)cc2)CCCCC1. The fourth-order valence-corrected chi connectivity index (χ4v) is 3.77. The first-order valence-electron chi connectivity index (χ1n) is 7.29. The lowest BCUT2D eigenvalue weighted by atomic mass is 9.69. The van der Waals surface area contributed by atoms with Gasteiger partial charge in [-0.2, -0.15) is 4.39 Å². The van der Waals surface area contributed by atoms with Crippen LogP contribution < -0.4 is 5.32 Å². The lowest BCUT2D eigenvalue weighted by Crippen LogP contribution is -2.42. The molecule has 0 aliphatic heterocycles. The van der Waals surface area contributed by atoms with Crippen LogP contribution in [0.5, 0.6) is 0 Å². The lowest BCUT2D eigenvalue weighted by Gasteiger charge is -2.36. The average Bonchev–Trinajstić information content (AvgIpc) is 2.93. The van der Waals surface area contributed by atoms with E-state index in [1.165, 1.54) is 0 Å². The van der Waals surface area contributed by atoms with E-state index in [4.69, 9.17) is 11.6 Å². The van der Waals surface area contributed by atoms with Crippen molar-refractivity contribution in [3.05, 3.63) is 46.2 Å². The summed E-state index contributed by atoms with van der Waals surface area (Å²) in [5, 5.41) is 3.34. The molecule has 1 saturated carbocycles. The Morgan fingerprint density at radius 2 is 1.91 bits per heavy atom. The first kappa shape index (κ1) is 15.4. The second-order valence-corrected chi connectivity index (χ2v) is 6.99. The maximum atomic E-state index is 13.1. The van der Waals surface area contributed by atoms with Crippen molar-refractivity contribution in [3.63, 3.8) is 0 Å². The molecule has 116 valence electrons. The zero-order valence-electron chi connectivity index (χ0n) is 11.9. The topological polar surface area (TPSA) is 42.0 Å². The molecule has 0 bridgehead atoms. The number of nitrogens with one attached hydrogen (secondary N) is 1. The number of anilines is 1. The van der Waals surface area contributed by atoms with Crippen LogP contribution in [0, 0.1) is 5.13 Å². The van der Waals surface area contributed by atoms with Gasteiger partial charge in [0.25, 0.3) is 0 Å². The van der Waals surface area contributed by atoms with Crippen molar-refractivity contribution >= 4 is 34.0 Å². The number of rotatable bonds is 3. The van der Waals surface area contributed by atoms with Gasteiger partial charge in [0.05, 0.1) is 11.6 Å². The van der Waals surface area contributed by atoms with Crippen molar-refractivity contribution in [2.75, 3.05) is 5.32 Å². The van der Waals surface area contributed by atoms with Gasteiger partial charge in [-0.1, -0.05) is 54.3 Å². The van der Waals surface area contributed by atoms with E-state index in [1.807, 2.05) is 24.3 Å². The molecule has 3 nitrogen and oxygen atoms in total. The van der Waals surface area contributed by atoms with Crippen molar-refractivity contribution in [2.24, 2.45) is 0 Å². The highest BCUT2D eigenvalue weighted by Crippen LogP contribution is 2.41. The summed E-state index contributed by atoms with van der Waals surface area (Å²) < 4.78 is 13.1. The monoisotopic (exact) mass is 338 g/mol. The molecule has 6 heteroatoms. The third kappa shape index (κ3) is 3.01. The van der Waals surface area contributed by atoms with Crippen LogP contribution in [0.25, 0.3) is 0 Å². The van der Waals surface area contributed by atoms with Crippen LogP contribution in [-0.2, 0) is 10.2 Å². The molecule has 0 radical (unpaired) electrons. The molecular weight excluding hydrogens is 323 g/mol. The van der Waals surface area contributed by atoms with Gasteiger partial charge < -0.3 is 5.32 Å². The summed E-state index contributed by atoms with van der Waals surface area (Å²) >= 11 is 6.80. The Bertz CT molecular complexity index is 665. The Balaban J connectivity index is 1.91. The first-order valence-corrected chi connectivity index (χ1v) is 8.48. The van der Waals surface area contributed by atoms with E-state index >= 15 is 0 Å². The van der Waals surface area contributed by atoms with E-state index in [0.29, 0.717) is 10.2 Å². The fourth-order valence-electron chi connectivity index (χ4n) is 3.10. The number of hydrogen-bond acceptors (Lipinski definition) is 3. The van der Waals surface area contributed by atoms with Gasteiger partial charge >= 0.3 is 0 Å². The van der Waals surface area contributed by atoms with E-state index in [0.717, 1.165) is 55.2 Å². The summed E-state index contributed by atoms with van der Waals surface area (Å²) in [7, 11) is 0. The minimum absolute atomic E-state index is 0.108. The summed E-state index contributed by atoms with van der Waals surface area (Å²) in [5.74, 6) is -0.108. The van der Waals surface area contributed by atoms with E-state index in [9.17, 15) is 9.18 Å². The fraction of sp³-hybridized carbons (Fsp3) is 0.375. The van der Waals surface area contributed by atoms with E-state index in [-0.39, 0.29) is 5.91 Å². The van der Waals surface area contributed by atoms with Crippen LogP contribution in [0.3, 0.4) is 0 Å². The number of hydrogen-bond donors (Lipinski definition) is 1. The molecule has 1 heterocycles. The maximum Gasteiger partial charge on any atom is 0.236 e. The Hall–Kier alpha value is -1.46. The number of carbonyl (C=O) groups is 1. The molecule has 0 unspecified atom stereocenters. The highest BCUT2D eigenvalue weighted by molar-refractivity contribution is 7.14. The minimum Gasteiger partial charge on any atom is -0.301 e. The summed E-state index contributed by atoms with van der Waals surface area (Å²) in [6.07, 6.45) is 5.83. The molecule has 22 heavy (non-hydrogen) atoms. The number of halogens is 2. The second kappa shape index (κ2) is 6.34. The van der Waals surface area contributed by atoms with Gasteiger partial charge in [0.1, 0.15) is 0 Å². The predicted molar refractivity (Wildman–Crippen MR) is 86.9 cm³/mol. The molecule has 1 N–H and O–H groups in total. The molecule has 1 aliphatic carbocycles. The number of nitrogens with zero attached hydrogens (tertiary/aromatic N) is 1. The summed E-state index contributed by atoms with van der Waals surface area (Å²) in [5.41, 5.74) is 0.386. The summed E-state index contributed by atoms with van der Waals surface area (Å²) in [6.45, 7) is 0. The van der Waals surface area contributed by atoms with Gasteiger partial charge in [-0.05, 0) is 30.5 Å². The molecule has 0 spiro atoms. The minimum atomic E-state index is -0.578. The molecule has 1 aliphatic rings. The van der Waals surface area contributed by atoms with Gasteiger partial charge in [-0.3, -0.25) is 4.79 Å². The van der Waals surface area contributed by atoms with Gasteiger partial charge in [-0.15, -0.1) is 0 Å². The zero-order chi connectivity index (χ0) is 15.6. The lowest BCUT2D eigenvalue weighted by molar-refractivity contribution is -0.122. The third-order valence-corrected chi connectivity index (χ3v) is 5.19. The van der Waals surface area contributed by atoms with Crippen LogP contribution in [0.4, 0.5) is 9.52 Å². The predicted octanol–water partition coefficient (Wildman–Crippen LogP) is 4.78. The smallest absolute Gasteiger partial charge is 0.236 e. The van der Waals surface area contributed by atoms with Crippen molar-refractivity contribution in [1.29, 1.82) is 0 Å². The number of thiazole rings is 1. The molecule has 1 aromatic carbocycles. The summed E-state index contributed by atoms with van der Waals surface area (Å²) in [4.78, 5) is 16.8. The van der Waals surface area contributed by atoms with E-state index in [2.05, 4.69) is 10.3 Å². The van der Waals surface area contributed by atoms with Crippen LogP contribution in [0.2, 0.25) is 5.02 Å². The van der Waals surface area contributed by atoms with E-state index < -0.39 is 10.5 Å². The Labute approximate surface area is 137 Å². The Kier molecular flexibility index (Phi) is 4.45. The maximum absolute atomic E-state index is 13.1. The van der Waals surface area contributed by atoms with Gasteiger partial charge in [0.2, 0.25) is 5.91 Å². The number of benzene rings is 1. The van der Waals surface area contributed by atoms with Gasteiger partial charge in [-0.25, -0.2) is 4.98 Å². The molecule has 1 amide bonds.